The van der Waals surface area contributed by atoms with Gasteiger partial charge in [-0.2, -0.15) is 5.90 Å². The van der Waals surface area contributed by atoms with Gasteiger partial charge in [0.15, 0.2) is 5.75 Å². The molecule has 2 heteroatoms. The second-order valence-electron chi connectivity index (χ2n) is 6.11. The molecule has 0 heterocycles. The summed E-state index contributed by atoms with van der Waals surface area (Å²) in [5.41, 5.74) is 4.83. The van der Waals surface area contributed by atoms with Crippen LogP contribution in [0, 0.1) is 6.92 Å². The molecule has 0 radical (unpaired) electrons. The summed E-state index contributed by atoms with van der Waals surface area (Å²) in [6.45, 7) is 21.0. The molecule has 0 saturated heterocycles. The summed E-state index contributed by atoms with van der Waals surface area (Å²) >= 11 is 0. The number of rotatable bonds is 3. The minimum absolute atomic E-state index is 0.0958. The standard InChI is InChI=1S/C16H25NO.C2H6/c1-8-12-9-13(16(5,6)7)11(4)14(10(2)3)15(12)18-17;1-2/h8-10H,1,17H2,2-7H3;1-2H3. The predicted octanol–water partition coefficient (Wildman–Crippen LogP) is 5.34. The first kappa shape index (κ1) is 18.7. The molecule has 0 aromatic heterocycles. The monoisotopic (exact) mass is 277 g/mol. The Morgan fingerprint density at radius 3 is 2.05 bits per heavy atom. The summed E-state index contributed by atoms with van der Waals surface area (Å²) in [4.78, 5) is 5.11. The van der Waals surface area contributed by atoms with Crippen LogP contribution in [0.5, 0.6) is 5.75 Å². The molecule has 0 aliphatic carbocycles. The fourth-order valence-electron chi connectivity index (χ4n) is 2.56. The highest BCUT2D eigenvalue weighted by atomic mass is 16.6. The van der Waals surface area contributed by atoms with Crippen LogP contribution in [0.3, 0.4) is 0 Å². The summed E-state index contributed by atoms with van der Waals surface area (Å²) in [5, 5.41) is 0. The lowest BCUT2D eigenvalue weighted by Gasteiger charge is -2.27. The van der Waals surface area contributed by atoms with Gasteiger partial charge in [-0.05, 0) is 35.4 Å². The van der Waals surface area contributed by atoms with E-state index in [0.717, 1.165) is 11.3 Å². The van der Waals surface area contributed by atoms with E-state index in [1.807, 2.05) is 19.9 Å². The zero-order chi connectivity index (χ0) is 16.1. The number of benzene rings is 1. The van der Waals surface area contributed by atoms with E-state index >= 15 is 0 Å². The van der Waals surface area contributed by atoms with Gasteiger partial charge in [0.1, 0.15) is 0 Å². The SMILES string of the molecule is C=Cc1cc(C(C)(C)C)c(C)c(C(C)C)c1ON.CC. The highest BCUT2D eigenvalue weighted by Crippen LogP contribution is 2.39. The van der Waals surface area contributed by atoms with Gasteiger partial charge in [0.2, 0.25) is 0 Å². The van der Waals surface area contributed by atoms with E-state index in [4.69, 9.17) is 10.7 Å². The normalized spacial score (nSPS) is 10.9. The molecule has 0 aliphatic rings. The first-order valence-electron chi connectivity index (χ1n) is 7.41. The third-order valence-corrected chi connectivity index (χ3v) is 3.34. The van der Waals surface area contributed by atoms with Gasteiger partial charge < -0.3 is 4.84 Å². The van der Waals surface area contributed by atoms with Crippen LogP contribution in [0.4, 0.5) is 0 Å². The lowest BCUT2D eigenvalue weighted by atomic mass is 9.79. The summed E-state index contributed by atoms with van der Waals surface area (Å²) in [5.74, 6) is 6.57. The third kappa shape index (κ3) is 3.86. The first-order chi connectivity index (χ1) is 9.23. The quantitative estimate of drug-likeness (QED) is 0.757. The lowest BCUT2D eigenvalue weighted by molar-refractivity contribution is 0.328. The Hall–Kier alpha value is -1.28. The van der Waals surface area contributed by atoms with Crippen LogP contribution in [-0.4, -0.2) is 0 Å². The van der Waals surface area contributed by atoms with Crippen molar-refractivity contribution in [3.8, 4) is 5.75 Å². The Kier molecular flexibility index (Phi) is 7.01. The maximum atomic E-state index is 5.45. The molecule has 2 nitrogen and oxygen atoms in total. The fourth-order valence-corrected chi connectivity index (χ4v) is 2.56. The maximum absolute atomic E-state index is 5.45. The van der Waals surface area contributed by atoms with Crippen molar-refractivity contribution < 1.29 is 4.84 Å². The fraction of sp³-hybridized carbons (Fsp3) is 0.556. The van der Waals surface area contributed by atoms with Crippen molar-refractivity contribution in [1.29, 1.82) is 0 Å². The average molecular weight is 277 g/mol. The zero-order valence-electron chi connectivity index (χ0n) is 14.4. The molecular formula is C18H31NO. The Bertz CT molecular complexity index is 453. The molecule has 1 aromatic carbocycles. The Balaban J connectivity index is 0.00000172. The Labute approximate surface area is 125 Å². The molecule has 0 unspecified atom stereocenters. The molecule has 114 valence electrons. The van der Waals surface area contributed by atoms with E-state index in [1.165, 1.54) is 16.7 Å². The topological polar surface area (TPSA) is 35.2 Å². The molecule has 2 N–H and O–H groups in total. The average Bonchev–Trinajstić information content (AvgIpc) is 2.38. The molecule has 20 heavy (non-hydrogen) atoms. The maximum Gasteiger partial charge on any atom is 0.157 e. The Morgan fingerprint density at radius 2 is 1.75 bits per heavy atom. The van der Waals surface area contributed by atoms with Gasteiger partial charge in [-0.25, -0.2) is 0 Å². The predicted molar refractivity (Wildman–Crippen MR) is 90.2 cm³/mol. The van der Waals surface area contributed by atoms with Crippen LogP contribution in [-0.2, 0) is 5.41 Å². The van der Waals surface area contributed by atoms with Crippen LogP contribution in [0.25, 0.3) is 6.08 Å². The molecule has 0 bridgehead atoms. The van der Waals surface area contributed by atoms with E-state index in [1.54, 1.807) is 0 Å². The van der Waals surface area contributed by atoms with Crippen molar-refractivity contribution >= 4 is 6.08 Å². The van der Waals surface area contributed by atoms with Gasteiger partial charge in [0, 0.05) is 11.1 Å². The van der Waals surface area contributed by atoms with Gasteiger partial charge in [-0.15, -0.1) is 0 Å². The van der Waals surface area contributed by atoms with Gasteiger partial charge in [0.05, 0.1) is 0 Å². The van der Waals surface area contributed by atoms with Crippen LogP contribution in [0.1, 0.15) is 76.6 Å². The van der Waals surface area contributed by atoms with E-state index in [0.29, 0.717) is 5.92 Å². The molecule has 1 rings (SSSR count). The molecule has 0 fully saturated rings. The third-order valence-electron chi connectivity index (χ3n) is 3.34. The number of hydrogen-bond acceptors (Lipinski definition) is 2. The minimum Gasteiger partial charge on any atom is -0.411 e. The summed E-state index contributed by atoms with van der Waals surface area (Å²) in [6, 6.07) is 2.14. The van der Waals surface area contributed by atoms with Crippen molar-refractivity contribution in [2.24, 2.45) is 5.90 Å². The number of nitrogens with two attached hydrogens (primary N) is 1. The molecule has 1 aromatic rings. The molecule has 0 atom stereocenters. The van der Waals surface area contributed by atoms with Crippen molar-refractivity contribution in [2.45, 2.75) is 66.7 Å². The van der Waals surface area contributed by atoms with Crippen molar-refractivity contribution in [1.82, 2.24) is 0 Å². The second-order valence-corrected chi connectivity index (χ2v) is 6.11. The van der Waals surface area contributed by atoms with Crippen LogP contribution in [0.15, 0.2) is 12.6 Å². The first-order valence-corrected chi connectivity index (χ1v) is 7.41. The van der Waals surface area contributed by atoms with E-state index in [-0.39, 0.29) is 5.41 Å². The molecule has 0 aliphatic heterocycles. The molecule has 0 amide bonds. The van der Waals surface area contributed by atoms with Gasteiger partial charge in [-0.1, -0.05) is 61.1 Å². The zero-order valence-corrected chi connectivity index (χ0v) is 14.4. The smallest absolute Gasteiger partial charge is 0.157 e. The summed E-state index contributed by atoms with van der Waals surface area (Å²) < 4.78 is 0. The summed E-state index contributed by atoms with van der Waals surface area (Å²) in [7, 11) is 0. The van der Waals surface area contributed by atoms with Crippen LogP contribution in [0.2, 0.25) is 0 Å². The van der Waals surface area contributed by atoms with E-state index < -0.39 is 0 Å². The van der Waals surface area contributed by atoms with Crippen LogP contribution < -0.4 is 10.7 Å². The highest BCUT2D eigenvalue weighted by molar-refractivity contribution is 5.64. The van der Waals surface area contributed by atoms with E-state index in [2.05, 4.69) is 54.2 Å². The van der Waals surface area contributed by atoms with Crippen molar-refractivity contribution in [3.63, 3.8) is 0 Å². The van der Waals surface area contributed by atoms with Crippen LogP contribution >= 0.6 is 0 Å². The van der Waals surface area contributed by atoms with E-state index in [9.17, 15) is 0 Å². The largest absolute Gasteiger partial charge is 0.411 e. The second kappa shape index (κ2) is 7.49. The highest BCUT2D eigenvalue weighted by Gasteiger charge is 2.24. The van der Waals surface area contributed by atoms with Gasteiger partial charge in [0.25, 0.3) is 0 Å². The molecule has 0 saturated carbocycles. The van der Waals surface area contributed by atoms with Gasteiger partial charge in [-0.3, -0.25) is 0 Å². The Morgan fingerprint density at radius 1 is 1.25 bits per heavy atom. The lowest BCUT2D eigenvalue weighted by Crippen LogP contribution is -2.17. The number of hydrogen-bond donors (Lipinski definition) is 1. The van der Waals surface area contributed by atoms with Gasteiger partial charge >= 0.3 is 0 Å². The minimum atomic E-state index is 0.0958. The van der Waals surface area contributed by atoms with Crippen molar-refractivity contribution in [3.05, 3.63) is 34.9 Å². The molecular weight excluding hydrogens is 246 g/mol. The summed E-state index contributed by atoms with van der Waals surface area (Å²) in [6.07, 6.45) is 1.81. The van der Waals surface area contributed by atoms with Crippen molar-refractivity contribution in [2.75, 3.05) is 0 Å². The molecule has 0 spiro atoms.